The lowest BCUT2D eigenvalue weighted by atomic mass is 9.61. The highest BCUT2D eigenvalue weighted by molar-refractivity contribution is 5.98. The summed E-state index contributed by atoms with van der Waals surface area (Å²) in [6.07, 6.45) is 1.41. The molecular weight excluding hydrogens is 418 g/mol. The van der Waals surface area contributed by atoms with Crippen molar-refractivity contribution in [3.8, 4) is 5.75 Å². The Kier molecular flexibility index (Phi) is 4.41. The van der Waals surface area contributed by atoms with Crippen molar-refractivity contribution in [2.45, 2.75) is 43.8 Å². The predicted molar refractivity (Wildman–Crippen MR) is 103 cm³/mol. The number of alkyl halides is 2. The number of fused-ring (bicyclic) bond motifs is 2. The second-order valence-electron chi connectivity index (χ2n) is 8.41. The summed E-state index contributed by atoms with van der Waals surface area (Å²) in [6.45, 7) is 2.81. The fourth-order valence-corrected chi connectivity index (χ4v) is 4.33. The van der Waals surface area contributed by atoms with Crippen LogP contribution in [0.5, 0.6) is 5.75 Å². The Hall–Kier alpha value is -3.07. The van der Waals surface area contributed by atoms with E-state index in [1.807, 2.05) is 0 Å². The van der Waals surface area contributed by atoms with Crippen LogP contribution < -0.4 is 5.32 Å². The van der Waals surface area contributed by atoms with E-state index in [1.54, 1.807) is 6.07 Å². The fourth-order valence-electron chi connectivity index (χ4n) is 4.33. The Balaban J connectivity index is 1.87. The highest BCUT2D eigenvalue weighted by Crippen LogP contribution is 2.58. The maximum absolute atomic E-state index is 15.4. The molecule has 1 aromatic heterocycles. The van der Waals surface area contributed by atoms with Gasteiger partial charge in [0, 0.05) is 16.5 Å². The minimum Gasteiger partial charge on any atom is -0.505 e. The Bertz CT molecular complexity index is 1220. The molecule has 1 amide bonds. The number of furan rings is 1. The quantitative estimate of drug-likeness (QED) is 0.513. The van der Waals surface area contributed by atoms with E-state index in [-0.39, 0.29) is 11.1 Å². The van der Waals surface area contributed by atoms with E-state index in [0.717, 1.165) is 20.8 Å². The van der Waals surface area contributed by atoms with Crippen molar-refractivity contribution in [3.05, 3.63) is 64.9 Å². The zero-order valence-corrected chi connectivity index (χ0v) is 16.8. The van der Waals surface area contributed by atoms with Crippen LogP contribution in [0.3, 0.4) is 0 Å². The Morgan fingerprint density at radius 3 is 2.48 bits per heavy atom. The van der Waals surface area contributed by atoms with Gasteiger partial charge in [-0.2, -0.15) is 4.39 Å². The number of carbonyl (C=O) groups excluding carboxylic acids is 1. The van der Waals surface area contributed by atoms with Crippen molar-refractivity contribution >= 4 is 16.9 Å². The van der Waals surface area contributed by atoms with Crippen molar-refractivity contribution < 1.29 is 37.0 Å². The maximum Gasteiger partial charge on any atom is 0.287 e. The van der Waals surface area contributed by atoms with Gasteiger partial charge in [-0.25, -0.2) is 13.2 Å². The lowest BCUT2D eigenvalue weighted by Gasteiger charge is -2.52. The number of rotatable bonds is 2. The third kappa shape index (κ3) is 2.76. The third-order valence-electron chi connectivity index (χ3n) is 6.13. The Morgan fingerprint density at radius 1 is 1.13 bits per heavy atom. The number of amides is 1. The molecule has 2 atom stereocenters. The summed E-state index contributed by atoms with van der Waals surface area (Å²) in [7, 11) is 0. The fraction of sp³-hybridized carbons (Fsp3) is 0.318. The van der Waals surface area contributed by atoms with Crippen molar-refractivity contribution in [2.75, 3.05) is 0 Å². The van der Waals surface area contributed by atoms with Gasteiger partial charge in [-0.15, -0.1) is 0 Å². The molecule has 1 heterocycles. The number of nitrogens with one attached hydrogen (secondary N) is 1. The van der Waals surface area contributed by atoms with Gasteiger partial charge in [0.2, 0.25) is 5.82 Å². The van der Waals surface area contributed by atoms with Gasteiger partial charge in [-0.05, 0) is 56.7 Å². The summed E-state index contributed by atoms with van der Waals surface area (Å²) < 4.78 is 64.1. The number of benzene rings is 2. The topological polar surface area (TPSA) is 82.7 Å². The normalized spacial score (nSPS) is 24.1. The van der Waals surface area contributed by atoms with Gasteiger partial charge in [0.15, 0.2) is 17.2 Å². The highest BCUT2D eigenvalue weighted by atomic mass is 19.3. The first kappa shape index (κ1) is 21.2. The maximum atomic E-state index is 15.4. The van der Waals surface area contributed by atoms with Gasteiger partial charge in [0.1, 0.15) is 5.58 Å². The lowest BCUT2D eigenvalue weighted by molar-refractivity contribution is -0.228. The SMILES string of the molecule is CC1(C)c2c(cc(F)c(F)c2O)C(NC(=O)c2ccc3occc3c2)C(C)(O)C1(F)F. The molecule has 2 unspecified atom stereocenters. The minimum absolute atomic E-state index is 0.0752. The smallest absolute Gasteiger partial charge is 0.287 e. The number of halogens is 4. The highest BCUT2D eigenvalue weighted by Gasteiger charge is 2.68. The number of phenolic OH excluding ortho intramolecular Hbond substituents is 1. The molecule has 31 heavy (non-hydrogen) atoms. The Labute approximate surface area is 174 Å². The average molecular weight is 437 g/mol. The number of phenols is 1. The lowest BCUT2D eigenvalue weighted by Crippen LogP contribution is -2.66. The van der Waals surface area contributed by atoms with Gasteiger partial charge >= 0.3 is 0 Å². The zero-order chi connectivity index (χ0) is 22.9. The number of hydrogen-bond acceptors (Lipinski definition) is 4. The van der Waals surface area contributed by atoms with E-state index in [9.17, 15) is 23.8 Å². The first-order valence-electron chi connectivity index (χ1n) is 9.40. The van der Waals surface area contributed by atoms with Crippen LogP contribution in [0.25, 0.3) is 11.0 Å². The molecule has 0 spiro atoms. The van der Waals surface area contributed by atoms with E-state index in [0.29, 0.717) is 17.0 Å². The summed E-state index contributed by atoms with van der Waals surface area (Å²) in [5.74, 6) is -9.23. The first-order chi connectivity index (χ1) is 14.3. The monoisotopic (exact) mass is 437 g/mol. The van der Waals surface area contributed by atoms with Crippen LogP contribution in [0.4, 0.5) is 17.6 Å². The molecule has 0 radical (unpaired) electrons. The Morgan fingerprint density at radius 2 is 1.81 bits per heavy atom. The molecular formula is C22H19F4NO4. The predicted octanol–water partition coefficient (Wildman–Crippen LogP) is 4.57. The zero-order valence-electron chi connectivity index (χ0n) is 16.8. The van der Waals surface area contributed by atoms with Crippen LogP contribution in [0.1, 0.15) is 48.3 Å². The van der Waals surface area contributed by atoms with Gasteiger partial charge in [-0.3, -0.25) is 4.79 Å². The summed E-state index contributed by atoms with van der Waals surface area (Å²) in [5.41, 5.74) is -5.51. The van der Waals surface area contributed by atoms with Crippen LogP contribution in [0, 0.1) is 11.6 Å². The molecule has 2 aromatic carbocycles. The summed E-state index contributed by atoms with van der Waals surface area (Å²) in [6, 6.07) is 4.72. The molecule has 3 N–H and O–H groups in total. The molecule has 3 aromatic rings. The molecule has 0 saturated heterocycles. The minimum atomic E-state index is -3.94. The molecule has 164 valence electrons. The standard InChI is InChI=1S/C22H19F4NO4/c1-20(2)15-12(9-13(23)16(24)17(15)28)18(21(3,30)22(20,25)26)27-19(29)11-4-5-14-10(8-11)6-7-31-14/h4-9,18,28,30H,1-3H3,(H,27,29). The van der Waals surface area contributed by atoms with Crippen LogP contribution in [0.2, 0.25) is 0 Å². The number of aromatic hydroxyl groups is 1. The van der Waals surface area contributed by atoms with E-state index in [1.165, 1.54) is 24.5 Å². The molecule has 5 nitrogen and oxygen atoms in total. The summed E-state index contributed by atoms with van der Waals surface area (Å²) in [4.78, 5) is 12.9. The van der Waals surface area contributed by atoms with E-state index in [2.05, 4.69) is 5.32 Å². The second kappa shape index (κ2) is 6.46. The molecule has 1 aliphatic rings. The first-order valence-corrected chi connectivity index (χ1v) is 9.40. The van der Waals surface area contributed by atoms with E-state index >= 15 is 8.78 Å². The van der Waals surface area contributed by atoms with Gasteiger partial charge < -0.3 is 19.9 Å². The van der Waals surface area contributed by atoms with Gasteiger partial charge in [0.25, 0.3) is 11.8 Å². The molecule has 0 fully saturated rings. The molecule has 4 rings (SSSR count). The van der Waals surface area contributed by atoms with Crippen molar-refractivity contribution in [1.82, 2.24) is 5.32 Å². The average Bonchev–Trinajstić information content (AvgIpc) is 3.16. The molecule has 0 saturated carbocycles. The van der Waals surface area contributed by atoms with Crippen molar-refractivity contribution in [2.24, 2.45) is 0 Å². The van der Waals surface area contributed by atoms with E-state index in [4.69, 9.17) is 4.42 Å². The molecule has 9 heteroatoms. The molecule has 0 aliphatic heterocycles. The van der Waals surface area contributed by atoms with Crippen molar-refractivity contribution in [3.63, 3.8) is 0 Å². The van der Waals surface area contributed by atoms with Crippen LogP contribution in [-0.4, -0.2) is 27.6 Å². The molecule has 1 aliphatic carbocycles. The van der Waals surface area contributed by atoms with Crippen LogP contribution in [-0.2, 0) is 5.41 Å². The van der Waals surface area contributed by atoms with Crippen LogP contribution in [0.15, 0.2) is 41.0 Å². The summed E-state index contributed by atoms with van der Waals surface area (Å²) in [5, 5.41) is 23.9. The third-order valence-corrected chi connectivity index (χ3v) is 6.13. The second-order valence-corrected chi connectivity index (χ2v) is 8.41. The number of aliphatic hydroxyl groups is 1. The van der Waals surface area contributed by atoms with Crippen LogP contribution >= 0.6 is 0 Å². The van der Waals surface area contributed by atoms with E-state index < -0.39 is 51.8 Å². The number of hydrogen-bond donors (Lipinski definition) is 3. The van der Waals surface area contributed by atoms with Gasteiger partial charge in [-0.1, -0.05) is 0 Å². The molecule has 0 bridgehead atoms. The summed E-state index contributed by atoms with van der Waals surface area (Å²) >= 11 is 0. The largest absolute Gasteiger partial charge is 0.505 e. The van der Waals surface area contributed by atoms with Gasteiger partial charge in [0.05, 0.1) is 17.7 Å². The van der Waals surface area contributed by atoms with Crippen molar-refractivity contribution in [1.29, 1.82) is 0 Å². The number of carbonyl (C=O) groups is 1.